The van der Waals surface area contributed by atoms with E-state index in [2.05, 4.69) is 45.2 Å². The third-order valence-electron chi connectivity index (χ3n) is 7.32. The molecule has 0 unspecified atom stereocenters. The summed E-state index contributed by atoms with van der Waals surface area (Å²) in [5.74, 6) is 3.15. The summed E-state index contributed by atoms with van der Waals surface area (Å²) in [7, 11) is 3.30. The van der Waals surface area contributed by atoms with E-state index in [9.17, 15) is 5.11 Å². The van der Waals surface area contributed by atoms with Gasteiger partial charge in [-0.25, -0.2) is 0 Å². The number of thioether (sulfide) groups is 1. The maximum atomic E-state index is 10.5. The lowest BCUT2D eigenvalue weighted by molar-refractivity contribution is 0.0407. The summed E-state index contributed by atoms with van der Waals surface area (Å²) in [5, 5.41) is 14.7. The number of hydrogen-bond acceptors (Lipinski definition) is 7. The van der Waals surface area contributed by atoms with Gasteiger partial charge in [-0.1, -0.05) is 12.1 Å². The van der Waals surface area contributed by atoms with Crippen LogP contribution in [0.1, 0.15) is 43.7 Å². The predicted molar refractivity (Wildman–Crippen MR) is 129 cm³/mol. The third-order valence-corrected chi connectivity index (χ3v) is 8.77. The quantitative estimate of drug-likeness (QED) is 0.436. The molecule has 0 amide bonds. The molecule has 0 bridgehead atoms. The van der Waals surface area contributed by atoms with Gasteiger partial charge in [0.1, 0.15) is 29.2 Å². The fraction of sp³-hybridized carbons (Fsp3) is 0.696. The number of oxime groups is 1. The average molecular weight is 513 g/mol. The molecule has 1 aromatic carbocycles. The molecule has 4 rings (SSSR count). The Bertz CT molecular complexity index is 851. The van der Waals surface area contributed by atoms with Gasteiger partial charge in [-0.05, 0) is 71.3 Å². The molecule has 0 aromatic heterocycles. The lowest BCUT2D eigenvalue weighted by Crippen LogP contribution is -2.52. The summed E-state index contributed by atoms with van der Waals surface area (Å²) < 4.78 is 13.2. The zero-order chi connectivity index (χ0) is 22.2. The van der Waals surface area contributed by atoms with Gasteiger partial charge in [0.05, 0.1) is 19.4 Å². The van der Waals surface area contributed by atoms with Crippen LogP contribution in [0.25, 0.3) is 0 Å². The van der Waals surface area contributed by atoms with E-state index in [1.54, 1.807) is 14.2 Å². The lowest BCUT2D eigenvalue weighted by atomic mass is 9.59. The molecular weight excluding hydrogens is 480 g/mol. The topological polar surface area (TPSA) is 63.5 Å². The fourth-order valence-electron chi connectivity index (χ4n) is 5.94. The van der Waals surface area contributed by atoms with Crippen LogP contribution in [0, 0.1) is 5.92 Å². The van der Waals surface area contributed by atoms with E-state index in [0.717, 1.165) is 66.2 Å². The molecule has 1 fully saturated rings. The summed E-state index contributed by atoms with van der Waals surface area (Å²) in [5.41, 5.74) is 3.45. The highest BCUT2D eigenvalue weighted by atomic mass is 79.9. The van der Waals surface area contributed by atoms with Gasteiger partial charge in [0.2, 0.25) is 0 Å². The number of methoxy groups -OCH3 is 1. The zero-order valence-electron chi connectivity index (χ0n) is 18.8. The maximum absolute atomic E-state index is 10.5. The zero-order valence-corrected chi connectivity index (χ0v) is 21.2. The predicted octanol–water partition coefficient (Wildman–Crippen LogP) is 4.21. The van der Waals surface area contributed by atoms with Crippen LogP contribution >= 0.6 is 27.7 Å². The molecule has 3 aliphatic rings. The molecule has 0 saturated heterocycles. The molecule has 2 aliphatic heterocycles. The molecule has 1 saturated carbocycles. The molecule has 1 aromatic rings. The number of hydrogen-bond donors (Lipinski definition) is 1. The van der Waals surface area contributed by atoms with Gasteiger partial charge in [0.15, 0.2) is 0 Å². The first-order valence-corrected chi connectivity index (χ1v) is 13.2. The highest BCUT2D eigenvalue weighted by Crippen LogP contribution is 2.60. The highest BCUT2D eigenvalue weighted by Gasteiger charge is 2.59. The van der Waals surface area contributed by atoms with Gasteiger partial charge in [0.25, 0.3) is 0 Å². The molecule has 1 spiro atoms. The molecule has 6 nitrogen and oxygen atoms in total. The maximum Gasteiger partial charge on any atom is 0.141 e. The smallest absolute Gasteiger partial charge is 0.141 e. The van der Waals surface area contributed by atoms with Crippen LogP contribution in [0.3, 0.4) is 0 Å². The van der Waals surface area contributed by atoms with Crippen LogP contribution in [0.5, 0.6) is 11.5 Å². The molecular formula is C23H33BrN2O4S. The van der Waals surface area contributed by atoms with Gasteiger partial charge in [-0.15, -0.1) is 0 Å². The fourth-order valence-corrected chi connectivity index (χ4v) is 6.93. The van der Waals surface area contributed by atoms with Crippen molar-refractivity contribution in [3.8, 4) is 11.5 Å². The summed E-state index contributed by atoms with van der Waals surface area (Å²) in [6.07, 6.45) is 5.73. The van der Waals surface area contributed by atoms with E-state index >= 15 is 0 Å². The van der Waals surface area contributed by atoms with E-state index in [1.165, 1.54) is 11.1 Å². The molecule has 4 atom stereocenters. The monoisotopic (exact) mass is 512 g/mol. The summed E-state index contributed by atoms with van der Waals surface area (Å²) >= 11 is 5.63. The van der Waals surface area contributed by atoms with E-state index in [0.29, 0.717) is 5.92 Å². The number of aliphatic hydroxyl groups excluding tert-OH is 1. The normalized spacial score (nSPS) is 31.0. The molecule has 1 aliphatic carbocycles. The van der Waals surface area contributed by atoms with E-state index < -0.39 is 0 Å². The average Bonchev–Trinajstić information content (AvgIpc) is 3.02. The van der Waals surface area contributed by atoms with Crippen LogP contribution < -0.4 is 9.47 Å². The summed E-state index contributed by atoms with van der Waals surface area (Å²) in [6, 6.07) is 2.27. The minimum Gasteiger partial charge on any atom is -0.495 e. The minimum atomic E-state index is -0.159. The van der Waals surface area contributed by atoms with Gasteiger partial charge >= 0.3 is 0 Å². The van der Waals surface area contributed by atoms with Gasteiger partial charge in [-0.2, -0.15) is 11.8 Å². The number of rotatable bonds is 7. The Morgan fingerprint density at radius 1 is 1.39 bits per heavy atom. The SMILES string of the molecule is CON=C1C[C@@H](C)[C@]23C[C@@H](CO)N(CCCSC)Cc4cc(OC)c(Br)c(c42)O[C@@H]3C1. The first-order valence-electron chi connectivity index (χ1n) is 11.0. The molecule has 8 heteroatoms. The van der Waals surface area contributed by atoms with Crippen molar-refractivity contribution in [1.82, 2.24) is 4.90 Å². The van der Waals surface area contributed by atoms with Crippen LogP contribution in [0.15, 0.2) is 15.7 Å². The second-order valence-corrected chi connectivity index (χ2v) is 10.7. The Balaban J connectivity index is 1.84. The van der Waals surface area contributed by atoms with E-state index in [1.807, 2.05) is 11.8 Å². The van der Waals surface area contributed by atoms with Crippen molar-refractivity contribution in [3.05, 3.63) is 21.7 Å². The van der Waals surface area contributed by atoms with Crippen LogP contribution in [-0.4, -0.2) is 67.2 Å². The van der Waals surface area contributed by atoms with Gasteiger partial charge < -0.3 is 19.4 Å². The second-order valence-electron chi connectivity index (χ2n) is 8.91. The van der Waals surface area contributed by atoms with Crippen LogP contribution in [-0.2, 0) is 16.8 Å². The minimum absolute atomic E-state index is 0.0255. The standard InChI is InChI=1S/C23H33BrN2O4S/c1-14-8-16(25-29-3)10-19-23(14)11-17(13-27)26(6-5-7-31-4)12-15-9-18(28-2)21(24)22(30-19)20(15)23/h9,14,17,19,27H,5-8,10-13H2,1-4H3/t14-,17+,19-,23+/m1/s1. The first-order chi connectivity index (χ1) is 15.0. The Kier molecular flexibility index (Phi) is 7.11. The van der Waals surface area contributed by atoms with E-state index in [4.69, 9.17) is 14.3 Å². The highest BCUT2D eigenvalue weighted by molar-refractivity contribution is 9.10. The number of nitrogens with zero attached hydrogens (tertiary/aromatic N) is 2. The molecule has 172 valence electrons. The largest absolute Gasteiger partial charge is 0.495 e. The third kappa shape index (κ3) is 3.87. The van der Waals surface area contributed by atoms with Crippen molar-refractivity contribution >= 4 is 33.4 Å². The summed E-state index contributed by atoms with van der Waals surface area (Å²) in [6.45, 7) is 4.23. The van der Waals surface area contributed by atoms with Crippen molar-refractivity contribution in [3.63, 3.8) is 0 Å². The Labute approximate surface area is 197 Å². The first kappa shape index (κ1) is 23.2. The van der Waals surface area contributed by atoms with Crippen molar-refractivity contribution in [1.29, 1.82) is 0 Å². The van der Waals surface area contributed by atoms with Crippen molar-refractivity contribution < 1.29 is 19.4 Å². The number of halogens is 1. The number of ether oxygens (including phenoxy) is 2. The number of aliphatic hydroxyl groups is 1. The van der Waals surface area contributed by atoms with E-state index in [-0.39, 0.29) is 24.2 Å². The van der Waals surface area contributed by atoms with Gasteiger partial charge in [-0.3, -0.25) is 4.90 Å². The van der Waals surface area contributed by atoms with Crippen LogP contribution in [0.4, 0.5) is 0 Å². The summed E-state index contributed by atoms with van der Waals surface area (Å²) in [4.78, 5) is 7.58. The van der Waals surface area contributed by atoms with Crippen molar-refractivity contribution in [2.24, 2.45) is 11.1 Å². The molecule has 1 N–H and O–H groups in total. The molecule has 31 heavy (non-hydrogen) atoms. The Morgan fingerprint density at radius 3 is 2.87 bits per heavy atom. The molecule has 2 heterocycles. The second kappa shape index (κ2) is 9.49. The lowest BCUT2D eigenvalue weighted by Gasteiger charge is -2.45. The van der Waals surface area contributed by atoms with Crippen molar-refractivity contribution in [2.45, 2.75) is 56.7 Å². The Morgan fingerprint density at radius 2 is 2.19 bits per heavy atom. The number of benzene rings is 1. The van der Waals surface area contributed by atoms with Crippen molar-refractivity contribution in [2.75, 3.05) is 39.4 Å². The Hall–Kier alpha value is -0.960. The van der Waals surface area contributed by atoms with Crippen LogP contribution in [0.2, 0.25) is 0 Å². The molecule has 0 radical (unpaired) electrons. The van der Waals surface area contributed by atoms with Gasteiger partial charge in [0, 0.05) is 30.0 Å².